The molecule has 0 radical (unpaired) electrons. The average molecular weight is 394 g/mol. The zero-order valence-corrected chi connectivity index (χ0v) is 16.1. The number of aliphatic hydroxyl groups is 1. The maximum absolute atomic E-state index is 13.0. The van der Waals surface area contributed by atoms with Gasteiger partial charge in [-0.05, 0) is 37.0 Å². The van der Waals surface area contributed by atoms with Gasteiger partial charge in [0.2, 0.25) is 11.8 Å². The van der Waals surface area contributed by atoms with Gasteiger partial charge in [0.05, 0.1) is 23.0 Å². The summed E-state index contributed by atoms with van der Waals surface area (Å²) in [5.74, 6) is -3.39. The number of phenolic OH excluding ortho intramolecular Hbond substituents is 1. The van der Waals surface area contributed by atoms with E-state index < -0.39 is 23.7 Å². The van der Waals surface area contributed by atoms with Gasteiger partial charge in [-0.15, -0.1) is 0 Å². The van der Waals surface area contributed by atoms with E-state index in [1.54, 1.807) is 6.07 Å². The highest BCUT2D eigenvalue weighted by Crippen LogP contribution is 2.58. The second-order valence-corrected chi connectivity index (χ2v) is 8.41. The van der Waals surface area contributed by atoms with E-state index in [0.717, 1.165) is 0 Å². The van der Waals surface area contributed by atoms with Gasteiger partial charge in [0.15, 0.2) is 5.79 Å². The van der Waals surface area contributed by atoms with Gasteiger partial charge in [0.1, 0.15) is 5.75 Å². The molecule has 3 aliphatic rings. The SMILES string of the molecule is CCCN1C(=O)[C@H]2[C@H](C[C@H](C)[C@@]3(O)O[C@H](c4ccc(O)cc4Cl)C[C@@H]23)C1=O. The zero-order valence-electron chi connectivity index (χ0n) is 15.4. The van der Waals surface area contributed by atoms with E-state index in [4.69, 9.17) is 16.3 Å². The molecule has 0 spiro atoms. The monoisotopic (exact) mass is 393 g/mol. The number of ether oxygens (including phenoxy) is 1. The molecule has 2 N–H and O–H groups in total. The zero-order chi connectivity index (χ0) is 19.5. The number of hydrogen-bond acceptors (Lipinski definition) is 5. The maximum Gasteiger partial charge on any atom is 0.233 e. The second-order valence-electron chi connectivity index (χ2n) is 8.00. The first-order chi connectivity index (χ1) is 12.8. The molecule has 2 amide bonds. The van der Waals surface area contributed by atoms with E-state index in [0.29, 0.717) is 36.4 Å². The van der Waals surface area contributed by atoms with Gasteiger partial charge < -0.3 is 14.9 Å². The highest BCUT2D eigenvalue weighted by molar-refractivity contribution is 6.31. The molecule has 2 heterocycles. The van der Waals surface area contributed by atoms with Crippen LogP contribution < -0.4 is 0 Å². The van der Waals surface area contributed by atoms with Crippen molar-refractivity contribution in [2.45, 2.75) is 45.0 Å². The van der Waals surface area contributed by atoms with Crippen LogP contribution in [-0.2, 0) is 14.3 Å². The van der Waals surface area contributed by atoms with E-state index in [9.17, 15) is 19.8 Å². The van der Waals surface area contributed by atoms with Crippen molar-refractivity contribution in [3.8, 4) is 5.75 Å². The number of amides is 2. The molecule has 1 aromatic carbocycles. The molecular formula is C20H24ClNO5. The Kier molecular flexibility index (Phi) is 4.48. The van der Waals surface area contributed by atoms with Gasteiger partial charge >= 0.3 is 0 Å². The summed E-state index contributed by atoms with van der Waals surface area (Å²) in [6.45, 7) is 4.21. The second kappa shape index (κ2) is 6.47. The molecule has 146 valence electrons. The van der Waals surface area contributed by atoms with Gasteiger partial charge in [0.25, 0.3) is 0 Å². The molecule has 0 aromatic heterocycles. The molecule has 1 saturated carbocycles. The van der Waals surface area contributed by atoms with Crippen LogP contribution in [0.1, 0.15) is 44.8 Å². The van der Waals surface area contributed by atoms with Crippen molar-refractivity contribution in [3.63, 3.8) is 0 Å². The molecule has 1 aromatic rings. The lowest BCUT2D eigenvalue weighted by atomic mass is 9.65. The third kappa shape index (κ3) is 2.69. The van der Waals surface area contributed by atoms with E-state index in [-0.39, 0.29) is 29.4 Å². The first-order valence-corrected chi connectivity index (χ1v) is 9.89. The van der Waals surface area contributed by atoms with Crippen LogP contribution in [0.2, 0.25) is 5.02 Å². The summed E-state index contributed by atoms with van der Waals surface area (Å²) >= 11 is 6.27. The summed E-state index contributed by atoms with van der Waals surface area (Å²) < 4.78 is 6.07. The minimum Gasteiger partial charge on any atom is -0.508 e. The van der Waals surface area contributed by atoms with Crippen molar-refractivity contribution < 1.29 is 24.5 Å². The summed E-state index contributed by atoms with van der Waals surface area (Å²) in [6, 6.07) is 4.64. The van der Waals surface area contributed by atoms with Crippen molar-refractivity contribution >= 4 is 23.4 Å². The Morgan fingerprint density at radius 1 is 1.30 bits per heavy atom. The minimum absolute atomic E-state index is 0.0538. The Morgan fingerprint density at radius 2 is 2.04 bits per heavy atom. The average Bonchev–Trinajstić information content (AvgIpc) is 3.07. The molecule has 2 aliphatic heterocycles. The quantitative estimate of drug-likeness (QED) is 0.771. The van der Waals surface area contributed by atoms with Gasteiger partial charge in [0, 0.05) is 18.4 Å². The molecule has 6 nitrogen and oxygen atoms in total. The Balaban J connectivity index is 1.69. The predicted molar refractivity (Wildman–Crippen MR) is 97.8 cm³/mol. The lowest BCUT2D eigenvalue weighted by Gasteiger charge is -2.43. The number of aromatic hydroxyl groups is 1. The summed E-state index contributed by atoms with van der Waals surface area (Å²) in [5.41, 5.74) is 0.670. The number of halogens is 1. The number of benzene rings is 1. The van der Waals surface area contributed by atoms with Crippen LogP contribution in [0.15, 0.2) is 18.2 Å². The number of carbonyl (C=O) groups excluding carboxylic acids is 2. The fourth-order valence-electron chi connectivity index (χ4n) is 5.12. The largest absolute Gasteiger partial charge is 0.508 e. The lowest BCUT2D eigenvalue weighted by molar-refractivity contribution is -0.265. The van der Waals surface area contributed by atoms with Crippen molar-refractivity contribution in [2.75, 3.05) is 6.54 Å². The standard InChI is InChI=1S/C20H24ClNO5/c1-3-6-22-18(24)13-7-10(2)20(26)14(17(13)19(22)25)9-16(27-20)12-5-4-11(23)8-15(12)21/h4-5,8,10,13-14,16-17,23,26H,3,6-7,9H2,1-2H3/t10-,13-,14-,16-,17-,20+/m0/s1. The minimum atomic E-state index is -1.47. The van der Waals surface area contributed by atoms with Crippen LogP contribution >= 0.6 is 11.6 Å². The Morgan fingerprint density at radius 3 is 2.70 bits per heavy atom. The molecule has 27 heavy (non-hydrogen) atoms. The van der Waals surface area contributed by atoms with Crippen molar-refractivity contribution in [1.82, 2.24) is 4.90 Å². The Labute approximate surface area is 163 Å². The predicted octanol–water partition coefficient (Wildman–Crippen LogP) is 2.86. The summed E-state index contributed by atoms with van der Waals surface area (Å²) in [6.07, 6.45) is 1.06. The third-order valence-electron chi connectivity index (χ3n) is 6.42. The molecule has 2 saturated heterocycles. The van der Waals surface area contributed by atoms with Crippen molar-refractivity contribution in [1.29, 1.82) is 0 Å². The summed E-state index contributed by atoms with van der Waals surface area (Å²) in [5, 5.41) is 21.3. The van der Waals surface area contributed by atoms with Gasteiger partial charge in [-0.1, -0.05) is 31.5 Å². The molecule has 7 heteroatoms. The molecule has 0 unspecified atom stereocenters. The number of fused-ring (bicyclic) bond motifs is 3. The summed E-state index contributed by atoms with van der Waals surface area (Å²) in [7, 11) is 0. The number of nitrogens with zero attached hydrogens (tertiary/aromatic N) is 1. The fraction of sp³-hybridized carbons (Fsp3) is 0.600. The molecule has 1 aliphatic carbocycles. The van der Waals surface area contributed by atoms with Gasteiger partial charge in [-0.2, -0.15) is 0 Å². The highest BCUT2D eigenvalue weighted by atomic mass is 35.5. The van der Waals surface area contributed by atoms with Crippen LogP contribution in [0.5, 0.6) is 5.75 Å². The third-order valence-corrected chi connectivity index (χ3v) is 6.75. The number of carbonyl (C=O) groups is 2. The van der Waals surface area contributed by atoms with Gasteiger partial charge in [-0.3, -0.25) is 14.5 Å². The van der Waals surface area contributed by atoms with Crippen LogP contribution in [0, 0.1) is 23.7 Å². The van der Waals surface area contributed by atoms with Crippen LogP contribution in [0.25, 0.3) is 0 Å². The van der Waals surface area contributed by atoms with E-state index >= 15 is 0 Å². The Bertz CT molecular complexity index is 799. The van der Waals surface area contributed by atoms with Crippen LogP contribution in [0.3, 0.4) is 0 Å². The van der Waals surface area contributed by atoms with Crippen LogP contribution in [0.4, 0.5) is 0 Å². The van der Waals surface area contributed by atoms with E-state index in [2.05, 4.69) is 0 Å². The smallest absolute Gasteiger partial charge is 0.233 e. The Hall–Kier alpha value is -1.63. The maximum atomic E-state index is 13.0. The number of imide groups is 1. The number of hydrogen-bond donors (Lipinski definition) is 2. The molecule has 3 fully saturated rings. The van der Waals surface area contributed by atoms with Gasteiger partial charge in [-0.25, -0.2) is 0 Å². The molecule has 4 rings (SSSR count). The topological polar surface area (TPSA) is 87.1 Å². The normalized spacial score (nSPS) is 38.2. The molecule has 6 atom stereocenters. The molecular weight excluding hydrogens is 370 g/mol. The van der Waals surface area contributed by atoms with Crippen molar-refractivity contribution in [3.05, 3.63) is 28.8 Å². The fourth-order valence-corrected chi connectivity index (χ4v) is 5.42. The van der Waals surface area contributed by atoms with E-state index in [1.807, 2.05) is 13.8 Å². The first kappa shape index (κ1) is 18.7. The number of phenols is 1. The molecule has 0 bridgehead atoms. The first-order valence-electron chi connectivity index (χ1n) is 9.51. The van der Waals surface area contributed by atoms with Crippen LogP contribution in [-0.4, -0.2) is 39.3 Å². The summed E-state index contributed by atoms with van der Waals surface area (Å²) in [4.78, 5) is 27.1. The number of likely N-dealkylation sites (tertiary alicyclic amines) is 1. The van der Waals surface area contributed by atoms with E-state index in [1.165, 1.54) is 17.0 Å². The number of rotatable bonds is 3. The highest BCUT2D eigenvalue weighted by Gasteiger charge is 2.65. The lowest BCUT2D eigenvalue weighted by Crippen LogP contribution is -2.52. The van der Waals surface area contributed by atoms with Crippen molar-refractivity contribution in [2.24, 2.45) is 23.7 Å².